The minimum Gasteiger partial charge on any atom is -0.507 e. The van der Waals surface area contributed by atoms with Crippen LogP contribution >= 0.6 is 0 Å². The van der Waals surface area contributed by atoms with E-state index in [1.54, 1.807) is 24.3 Å². The van der Waals surface area contributed by atoms with Gasteiger partial charge in [-0.05, 0) is 66.7 Å². The van der Waals surface area contributed by atoms with E-state index in [1.807, 2.05) is 18.2 Å². The summed E-state index contributed by atoms with van der Waals surface area (Å²) in [5.41, 5.74) is 1.30. The summed E-state index contributed by atoms with van der Waals surface area (Å²) in [7, 11) is -3.61. The van der Waals surface area contributed by atoms with E-state index in [2.05, 4.69) is 4.98 Å². The van der Waals surface area contributed by atoms with Gasteiger partial charge in [0, 0.05) is 24.1 Å². The first kappa shape index (κ1) is 24.4. The lowest BCUT2D eigenvalue weighted by Gasteiger charge is -2.21. The Morgan fingerprint density at radius 3 is 2.27 bits per heavy atom. The van der Waals surface area contributed by atoms with Crippen molar-refractivity contribution in [1.82, 2.24) is 4.98 Å². The quantitative estimate of drug-likeness (QED) is 0.337. The molecule has 3 saturated carbocycles. The molecule has 1 atom stereocenters. The zero-order valence-electron chi connectivity index (χ0n) is 20.9. The van der Waals surface area contributed by atoms with Gasteiger partial charge in [-0.15, -0.1) is 0 Å². The SMILES string of the molecule is O=c1oc(C(CC2CC2)CC2CC2)cc(O)c1C(c1cccc(CS(=O)(=O)c2ccccn2)c1)C1CC1. The van der Waals surface area contributed by atoms with Gasteiger partial charge in [-0.25, -0.2) is 18.2 Å². The molecule has 0 saturated heterocycles. The number of hydrogen-bond acceptors (Lipinski definition) is 6. The Hall–Kier alpha value is -2.93. The van der Waals surface area contributed by atoms with E-state index in [1.165, 1.54) is 37.9 Å². The molecule has 6 nitrogen and oxygen atoms in total. The first-order chi connectivity index (χ1) is 17.9. The van der Waals surface area contributed by atoms with E-state index in [0.29, 0.717) is 28.7 Å². The first-order valence-electron chi connectivity index (χ1n) is 13.5. The zero-order chi connectivity index (χ0) is 25.6. The summed E-state index contributed by atoms with van der Waals surface area (Å²) in [6.45, 7) is 0. The molecule has 194 valence electrons. The Balaban J connectivity index is 1.30. The van der Waals surface area contributed by atoms with Gasteiger partial charge in [-0.1, -0.05) is 56.0 Å². The third kappa shape index (κ3) is 5.66. The van der Waals surface area contributed by atoms with Gasteiger partial charge in [-0.3, -0.25) is 0 Å². The monoisotopic (exact) mass is 519 g/mol. The molecule has 1 aromatic carbocycles. The van der Waals surface area contributed by atoms with Gasteiger partial charge in [0.2, 0.25) is 0 Å². The highest BCUT2D eigenvalue weighted by atomic mass is 32.2. The minimum absolute atomic E-state index is 0.00579. The molecule has 2 heterocycles. The van der Waals surface area contributed by atoms with Gasteiger partial charge in [-0.2, -0.15) is 0 Å². The lowest BCUT2D eigenvalue weighted by Crippen LogP contribution is -2.18. The molecule has 0 amide bonds. The van der Waals surface area contributed by atoms with Crippen molar-refractivity contribution in [1.29, 1.82) is 0 Å². The van der Waals surface area contributed by atoms with Crippen LogP contribution in [-0.2, 0) is 15.6 Å². The van der Waals surface area contributed by atoms with E-state index in [0.717, 1.165) is 31.2 Å². The fraction of sp³-hybridized carbons (Fsp3) is 0.467. The van der Waals surface area contributed by atoms with Gasteiger partial charge in [0.15, 0.2) is 14.9 Å². The Morgan fingerprint density at radius 1 is 0.946 bits per heavy atom. The van der Waals surface area contributed by atoms with E-state index in [-0.39, 0.29) is 34.3 Å². The number of rotatable bonds is 11. The molecule has 3 aliphatic rings. The van der Waals surface area contributed by atoms with Crippen molar-refractivity contribution in [2.24, 2.45) is 17.8 Å². The summed E-state index contributed by atoms with van der Waals surface area (Å²) < 4.78 is 31.7. The van der Waals surface area contributed by atoms with Gasteiger partial charge >= 0.3 is 5.63 Å². The molecule has 0 spiro atoms. The minimum atomic E-state index is -3.61. The highest BCUT2D eigenvalue weighted by Crippen LogP contribution is 2.49. The molecular weight excluding hydrogens is 486 g/mol. The predicted molar refractivity (Wildman–Crippen MR) is 140 cm³/mol. The molecule has 3 aliphatic carbocycles. The van der Waals surface area contributed by atoms with Crippen molar-refractivity contribution in [3.05, 3.63) is 87.6 Å². The Kier molecular flexibility index (Phi) is 6.43. The van der Waals surface area contributed by atoms with Crippen molar-refractivity contribution < 1.29 is 17.9 Å². The fourth-order valence-corrected chi connectivity index (χ4v) is 6.91. The summed E-state index contributed by atoms with van der Waals surface area (Å²) in [5.74, 6) is 1.94. The Morgan fingerprint density at radius 2 is 1.68 bits per heavy atom. The number of nitrogens with zero attached hydrogens (tertiary/aromatic N) is 1. The molecule has 2 aromatic heterocycles. The van der Waals surface area contributed by atoms with Crippen LogP contribution in [0.5, 0.6) is 5.75 Å². The molecule has 0 aliphatic heterocycles. The molecule has 1 N–H and O–H groups in total. The maximum absolute atomic E-state index is 13.4. The number of pyridine rings is 1. The van der Waals surface area contributed by atoms with Crippen molar-refractivity contribution in [3.8, 4) is 5.75 Å². The maximum atomic E-state index is 13.4. The number of sulfone groups is 1. The summed E-state index contributed by atoms with van der Waals surface area (Å²) >= 11 is 0. The largest absolute Gasteiger partial charge is 0.507 e. The van der Waals surface area contributed by atoms with E-state index in [9.17, 15) is 18.3 Å². The van der Waals surface area contributed by atoms with Crippen LogP contribution in [0.3, 0.4) is 0 Å². The summed E-state index contributed by atoms with van der Waals surface area (Å²) in [5, 5.41) is 11.2. The molecule has 0 bridgehead atoms. The Labute approximate surface area is 217 Å². The third-order valence-electron chi connectivity index (χ3n) is 8.04. The third-order valence-corrected chi connectivity index (χ3v) is 9.64. The lowest BCUT2D eigenvalue weighted by molar-refractivity contribution is 0.357. The second-order valence-electron chi connectivity index (χ2n) is 11.3. The van der Waals surface area contributed by atoms with Crippen molar-refractivity contribution in [2.75, 3.05) is 0 Å². The molecule has 3 fully saturated rings. The van der Waals surface area contributed by atoms with Crippen LogP contribution in [0.2, 0.25) is 0 Å². The summed E-state index contributed by atoms with van der Waals surface area (Å²) in [6, 6.07) is 13.9. The van der Waals surface area contributed by atoms with E-state index in [4.69, 9.17) is 4.42 Å². The predicted octanol–water partition coefficient (Wildman–Crippen LogP) is 5.94. The molecular formula is C30H33NO5S. The summed E-state index contributed by atoms with van der Waals surface area (Å²) in [4.78, 5) is 17.4. The van der Waals surface area contributed by atoms with Crippen LogP contribution in [0.25, 0.3) is 0 Å². The fourth-order valence-electron chi connectivity index (χ4n) is 5.64. The van der Waals surface area contributed by atoms with Gasteiger partial charge in [0.25, 0.3) is 0 Å². The molecule has 0 radical (unpaired) electrons. The molecule has 3 aromatic rings. The van der Waals surface area contributed by atoms with E-state index >= 15 is 0 Å². The van der Waals surface area contributed by atoms with Crippen LogP contribution in [0, 0.1) is 17.8 Å². The topological polar surface area (TPSA) is 97.5 Å². The number of aromatic hydroxyl groups is 1. The zero-order valence-corrected chi connectivity index (χ0v) is 21.7. The maximum Gasteiger partial charge on any atom is 0.343 e. The van der Waals surface area contributed by atoms with E-state index < -0.39 is 15.5 Å². The van der Waals surface area contributed by atoms with Crippen LogP contribution < -0.4 is 5.63 Å². The van der Waals surface area contributed by atoms with Crippen LogP contribution in [0.1, 0.15) is 85.7 Å². The van der Waals surface area contributed by atoms with Crippen molar-refractivity contribution in [3.63, 3.8) is 0 Å². The van der Waals surface area contributed by atoms with Gasteiger partial charge < -0.3 is 9.52 Å². The van der Waals surface area contributed by atoms with Gasteiger partial charge in [0.1, 0.15) is 11.5 Å². The molecule has 7 heteroatoms. The molecule has 37 heavy (non-hydrogen) atoms. The summed E-state index contributed by atoms with van der Waals surface area (Å²) in [6.07, 6.45) is 10.4. The van der Waals surface area contributed by atoms with Gasteiger partial charge in [0.05, 0.1) is 11.3 Å². The highest BCUT2D eigenvalue weighted by molar-refractivity contribution is 7.90. The second-order valence-corrected chi connectivity index (χ2v) is 13.2. The normalized spacial score (nSPS) is 18.7. The van der Waals surface area contributed by atoms with Crippen LogP contribution in [0.4, 0.5) is 0 Å². The van der Waals surface area contributed by atoms with Crippen molar-refractivity contribution in [2.45, 2.75) is 74.0 Å². The van der Waals surface area contributed by atoms with Crippen LogP contribution in [-0.4, -0.2) is 18.5 Å². The number of aromatic nitrogens is 1. The molecule has 6 rings (SSSR count). The average Bonchev–Trinajstić information content (AvgIpc) is 3.72. The first-order valence-corrected chi connectivity index (χ1v) is 15.1. The van der Waals surface area contributed by atoms with Crippen molar-refractivity contribution >= 4 is 9.84 Å². The standard InChI is InChI=1S/C30H33NO5S/c32-25-17-26(24(14-19-7-8-19)15-20-9-10-20)36-30(33)29(25)28(22-11-12-22)23-5-3-4-21(16-23)18-37(34,35)27-6-1-2-13-31-27/h1-6,13,16-17,19-20,22,24,28,32H,7-12,14-15,18H2. The highest BCUT2D eigenvalue weighted by Gasteiger charge is 2.39. The molecule has 1 unspecified atom stereocenters. The smallest absolute Gasteiger partial charge is 0.343 e. The average molecular weight is 520 g/mol. The number of hydrogen-bond donors (Lipinski definition) is 1. The second kappa shape index (κ2) is 9.75. The lowest BCUT2D eigenvalue weighted by atomic mass is 9.86. The Bertz CT molecular complexity index is 1420. The van der Waals surface area contributed by atoms with Crippen LogP contribution in [0.15, 0.2) is 69.0 Å². The number of benzene rings is 1.